The van der Waals surface area contributed by atoms with Crippen LogP contribution in [0, 0.1) is 0 Å². The van der Waals surface area contributed by atoms with Gasteiger partial charge in [0.15, 0.2) is 0 Å². The SMILES string of the molecule is COc1ccccc1S(=O)(=O)Nc1cc(OCc2cccnc2)c2c(c1)C1(CCC1)C(=O)C2. The van der Waals surface area contributed by atoms with Crippen LogP contribution in [0.3, 0.4) is 0 Å². The van der Waals surface area contributed by atoms with E-state index in [0.29, 0.717) is 17.9 Å². The van der Waals surface area contributed by atoms with E-state index < -0.39 is 15.4 Å². The number of anilines is 1. The van der Waals surface area contributed by atoms with Crippen molar-refractivity contribution in [3.63, 3.8) is 0 Å². The van der Waals surface area contributed by atoms with Crippen molar-refractivity contribution in [1.82, 2.24) is 4.98 Å². The third-order valence-electron chi connectivity index (χ3n) is 6.53. The van der Waals surface area contributed by atoms with Crippen molar-refractivity contribution in [1.29, 1.82) is 0 Å². The normalized spacial score (nSPS) is 16.2. The van der Waals surface area contributed by atoms with Gasteiger partial charge in [0, 0.05) is 36.0 Å². The van der Waals surface area contributed by atoms with Crippen molar-refractivity contribution in [3.05, 3.63) is 77.6 Å². The van der Waals surface area contributed by atoms with Gasteiger partial charge in [-0.05, 0) is 42.7 Å². The van der Waals surface area contributed by atoms with Gasteiger partial charge in [0.25, 0.3) is 10.0 Å². The first-order chi connectivity index (χ1) is 15.9. The van der Waals surface area contributed by atoms with Crippen molar-refractivity contribution in [2.75, 3.05) is 11.8 Å². The Balaban J connectivity index is 1.53. The van der Waals surface area contributed by atoms with Gasteiger partial charge in [-0.15, -0.1) is 0 Å². The minimum atomic E-state index is -3.92. The number of nitrogens with zero attached hydrogens (tertiary/aromatic N) is 1. The fraction of sp³-hybridized carbons (Fsp3) is 0.280. The highest BCUT2D eigenvalue weighted by atomic mass is 32.2. The number of Topliss-reactive ketones (excluding diaryl/α,β-unsaturated/α-hetero) is 1. The largest absolute Gasteiger partial charge is 0.495 e. The number of hydrogen-bond acceptors (Lipinski definition) is 6. The summed E-state index contributed by atoms with van der Waals surface area (Å²) in [7, 11) is -2.49. The molecule has 1 heterocycles. The van der Waals surface area contributed by atoms with Crippen molar-refractivity contribution in [2.24, 2.45) is 0 Å². The molecule has 7 nitrogen and oxygen atoms in total. The molecule has 170 valence electrons. The Kier molecular flexibility index (Phi) is 5.32. The molecule has 0 radical (unpaired) electrons. The van der Waals surface area contributed by atoms with Gasteiger partial charge in [-0.1, -0.05) is 24.6 Å². The summed E-state index contributed by atoms with van der Waals surface area (Å²) >= 11 is 0. The summed E-state index contributed by atoms with van der Waals surface area (Å²) in [5, 5.41) is 0. The monoisotopic (exact) mass is 464 g/mol. The zero-order valence-corrected chi connectivity index (χ0v) is 19.0. The van der Waals surface area contributed by atoms with Crippen LogP contribution in [-0.2, 0) is 33.3 Å². The molecule has 0 saturated heterocycles. The molecule has 1 saturated carbocycles. The predicted octanol–water partition coefficient (Wildman–Crippen LogP) is 4.02. The van der Waals surface area contributed by atoms with Gasteiger partial charge in [-0.25, -0.2) is 8.42 Å². The highest BCUT2D eigenvalue weighted by molar-refractivity contribution is 7.92. The minimum absolute atomic E-state index is 0.0419. The molecule has 0 bridgehead atoms. The molecule has 0 atom stereocenters. The Morgan fingerprint density at radius 2 is 1.91 bits per heavy atom. The van der Waals surface area contributed by atoms with E-state index in [1.807, 2.05) is 12.1 Å². The Bertz CT molecular complexity index is 1320. The average Bonchev–Trinajstić information content (AvgIpc) is 3.10. The summed E-state index contributed by atoms with van der Waals surface area (Å²) in [5.74, 6) is 0.954. The van der Waals surface area contributed by atoms with Crippen LogP contribution in [0.2, 0.25) is 0 Å². The van der Waals surface area contributed by atoms with Crippen LogP contribution < -0.4 is 14.2 Å². The van der Waals surface area contributed by atoms with E-state index >= 15 is 0 Å². The van der Waals surface area contributed by atoms with E-state index in [0.717, 1.165) is 36.0 Å². The first-order valence-electron chi connectivity index (χ1n) is 10.8. The summed E-state index contributed by atoms with van der Waals surface area (Å²) in [6.45, 7) is 0.268. The topological polar surface area (TPSA) is 94.6 Å². The maximum absolute atomic E-state index is 13.2. The zero-order valence-electron chi connectivity index (χ0n) is 18.2. The number of ketones is 1. The Morgan fingerprint density at radius 3 is 2.61 bits per heavy atom. The summed E-state index contributed by atoms with van der Waals surface area (Å²) in [6, 6.07) is 13.6. The number of ether oxygens (including phenoxy) is 2. The second-order valence-electron chi connectivity index (χ2n) is 8.44. The molecular weight excluding hydrogens is 440 g/mol. The number of hydrogen-bond donors (Lipinski definition) is 1. The standard InChI is InChI=1S/C25H24N2O5S/c1-31-21-7-2-3-8-23(21)33(29,30)27-18-12-20-19(14-24(28)25(20)9-5-10-25)22(13-18)32-16-17-6-4-11-26-15-17/h2-4,6-8,11-13,15,27H,5,9-10,14,16H2,1H3. The zero-order chi connectivity index (χ0) is 23.1. The number of pyridine rings is 1. The molecule has 8 heteroatoms. The van der Waals surface area contributed by atoms with E-state index in [1.54, 1.807) is 42.7 Å². The van der Waals surface area contributed by atoms with E-state index in [2.05, 4.69) is 9.71 Å². The molecule has 2 aliphatic carbocycles. The molecule has 1 spiro atoms. The lowest BCUT2D eigenvalue weighted by Gasteiger charge is -2.37. The van der Waals surface area contributed by atoms with E-state index in [-0.39, 0.29) is 23.0 Å². The number of benzene rings is 2. The van der Waals surface area contributed by atoms with Gasteiger partial charge in [-0.3, -0.25) is 14.5 Å². The third-order valence-corrected chi connectivity index (χ3v) is 7.95. The van der Waals surface area contributed by atoms with Crippen molar-refractivity contribution in [3.8, 4) is 11.5 Å². The van der Waals surface area contributed by atoms with Gasteiger partial charge in [-0.2, -0.15) is 0 Å². The average molecular weight is 465 g/mol. The summed E-state index contributed by atoms with van der Waals surface area (Å²) in [4.78, 5) is 17.1. The first-order valence-corrected chi connectivity index (χ1v) is 12.3. The number of para-hydroxylation sites is 1. The Morgan fingerprint density at radius 1 is 1.09 bits per heavy atom. The van der Waals surface area contributed by atoms with Crippen molar-refractivity contribution >= 4 is 21.5 Å². The van der Waals surface area contributed by atoms with Crippen LogP contribution >= 0.6 is 0 Å². The van der Waals surface area contributed by atoms with Crippen LogP contribution in [0.4, 0.5) is 5.69 Å². The number of fused-ring (bicyclic) bond motifs is 2. The van der Waals surface area contributed by atoms with E-state index in [4.69, 9.17) is 9.47 Å². The quantitative estimate of drug-likeness (QED) is 0.568. The second-order valence-corrected chi connectivity index (χ2v) is 10.1. The van der Waals surface area contributed by atoms with Crippen molar-refractivity contribution < 1.29 is 22.7 Å². The number of aromatic nitrogens is 1. The fourth-order valence-electron chi connectivity index (χ4n) is 4.70. The van der Waals surface area contributed by atoms with Crippen LogP contribution in [0.1, 0.15) is 36.0 Å². The van der Waals surface area contributed by atoms with Gasteiger partial charge >= 0.3 is 0 Å². The predicted molar refractivity (Wildman–Crippen MR) is 123 cm³/mol. The fourth-order valence-corrected chi connectivity index (χ4v) is 5.91. The number of sulfonamides is 1. The lowest BCUT2D eigenvalue weighted by molar-refractivity contribution is -0.125. The van der Waals surface area contributed by atoms with Crippen LogP contribution in [0.5, 0.6) is 11.5 Å². The van der Waals surface area contributed by atoms with Crippen LogP contribution in [0.15, 0.2) is 65.8 Å². The molecule has 1 fully saturated rings. The van der Waals surface area contributed by atoms with E-state index in [1.165, 1.54) is 13.2 Å². The number of methoxy groups -OCH3 is 1. The summed E-state index contributed by atoms with van der Waals surface area (Å²) < 4.78 is 40.3. The lowest BCUT2D eigenvalue weighted by Crippen LogP contribution is -2.39. The number of nitrogens with one attached hydrogen (secondary N) is 1. The molecule has 1 aromatic heterocycles. The molecule has 0 unspecified atom stereocenters. The number of carbonyl (C=O) groups excluding carboxylic acids is 1. The maximum Gasteiger partial charge on any atom is 0.265 e. The summed E-state index contributed by atoms with van der Waals surface area (Å²) in [5.41, 5.74) is 2.45. The summed E-state index contributed by atoms with van der Waals surface area (Å²) in [6.07, 6.45) is 6.25. The minimum Gasteiger partial charge on any atom is -0.495 e. The molecule has 2 aliphatic rings. The Labute approximate surface area is 192 Å². The van der Waals surface area contributed by atoms with Crippen LogP contribution in [-0.4, -0.2) is 26.3 Å². The van der Waals surface area contributed by atoms with E-state index in [9.17, 15) is 13.2 Å². The molecule has 2 aromatic carbocycles. The molecule has 0 aliphatic heterocycles. The number of rotatable bonds is 7. The van der Waals surface area contributed by atoms with Crippen molar-refractivity contribution in [2.45, 2.75) is 42.6 Å². The molecule has 0 amide bonds. The van der Waals surface area contributed by atoms with Crippen LogP contribution in [0.25, 0.3) is 0 Å². The molecule has 33 heavy (non-hydrogen) atoms. The second kappa shape index (κ2) is 8.19. The molecule has 3 aromatic rings. The molecular formula is C25H24N2O5S. The molecule has 1 N–H and O–H groups in total. The Hall–Kier alpha value is -3.39. The number of carbonyl (C=O) groups is 1. The lowest BCUT2D eigenvalue weighted by atomic mass is 9.64. The first kappa shape index (κ1) is 21.5. The van der Waals surface area contributed by atoms with Gasteiger partial charge in [0.2, 0.25) is 0 Å². The third kappa shape index (κ3) is 3.74. The maximum atomic E-state index is 13.2. The smallest absolute Gasteiger partial charge is 0.265 e. The van der Waals surface area contributed by atoms with Gasteiger partial charge in [0.05, 0.1) is 18.2 Å². The van der Waals surface area contributed by atoms with Gasteiger partial charge in [0.1, 0.15) is 28.8 Å². The highest BCUT2D eigenvalue weighted by Crippen LogP contribution is 2.53. The molecule has 5 rings (SSSR count). The van der Waals surface area contributed by atoms with Gasteiger partial charge < -0.3 is 9.47 Å². The highest BCUT2D eigenvalue weighted by Gasteiger charge is 2.51.